The number of hydrogen-bond donors (Lipinski definition) is 1. The third kappa shape index (κ3) is 5.76. The number of aryl methyl sites for hydroxylation is 1. The lowest BCUT2D eigenvalue weighted by molar-refractivity contribution is -0.116. The number of anilines is 1. The van der Waals surface area contributed by atoms with E-state index in [1.807, 2.05) is 37.3 Å². The normalized spacial score (nSPS) is 15.0. The number of carbonyl (C=O) groups excluding carboxylic acids is 2. The van der Waals surface area contributed by atoms with Crippen molar-refractivity contribution in [2.75, 3.05) is 12.4 Å². The van der Waals surface area contributed by atoms with E-state index >= 15 is 0 Å². The number of hydrogen-bond acceptors (Lipinski definition) is 4. The molecule has 5 heteroatoms. The molecule has 0 aliphatic heterocycles. The molecule has 150 valence electrons. The Hall–Kier alpha value is -1.98. The highest BCUT2D eigenvalue weighted by Crippen LogP contribution is 2.25. The molecule has 0 radical (unpaired) electrons. The van der Waals surface area contributed by atoms with Crippen LogP contribution in [0.15, 0.2) is 36.4 Å². The summed E-state index contributed by atoms with van der Waals surface area (Å²) >= 11 is 1.49. The SMILES string of the molecule is Cc1ccc(C(=O)CCC(=O)Nc2ccccc2CN(C)C2CCCCC2)s1. The van der Waals surface area contributed by atoms with E-state index in [0.29, 0.717) is 6.04 Å². The average Bonchev–Trinajstić information content (AvgIpc) is 3.15. The van der Waals surface area contributed by atoms with Gasteiger partial charge >= 0.3 is 0 Å². The Labute approximate surface area is 172 Å². The fourth-order valence-corrected chi connectivity index (χ4v) is 4.68. The van der Waals surface area contributed by atoms with Gasteiger partial charge in [0.05, 0.1) is 4.88 Å². The first-order valence-corrected chi connectivity index (χ1v) is 11.0. The van der Waals surface area contributed by atoms with Crippen molar-refractivity contribution in [1.82, 2.24) is 4.90 Å². The molecular formula is C23H30N2O2S. The van der Waals surface area contributed by atoms with Crippen LogP contribution in [0.4, 0.5) is 5.69 Å². The largest absolute Gasteiger partial charge is 0.326 e. The van der Waals surface area contributed by atoms with Crippen molar-refractivity contribution in [2.24, 2.45) is 0 Å². The molecule has 0 spiro atoms. The summed E-state index contributed by atoms with van der Waals surface area (Å²) in [4.78, 5) is 28.9. The van der Waals surface area contributed by atoms with Gasteiger partial charge in [-0.05, 0) is 50.6 Å². The van der Waals surface area contributed by atoms with E-state index in [0.717, 1.165) is 27.5 Å². The Kier molecular flexibility index (Phi) is 7.40. The number of nitrogens with one attached hydrogen (secondary N) is 1. The van der Waals surface area contributed by atoms with E-state index in [-0.39, 0.29) is 24.5 Å². The summed E-state index contributed by atoms with van der Waals surface area (Å²) in [7, 11) is 2.18. The fraction of sp³-hybridized carbons (Fsp3) is 0.478. The van der Waals surface area contributed by atoms with Gasteiger partial charge < -0.3 is 5.32 Å². The number of para-hydroxylation sites is 1. The zero-order valence-electron chi connectivity index (χ0n) is 16.9. The van der Waals surface area contributed by atoms with E-state index in [1.54, 1.807) is 0 Å². The summed E-state index contributed by atoms with van der Waals surface area (Å²) < 4.78 is 0. The van der Waals surface area contributed by atoms with Gasteiger partial charge in [-0.25, -0.2) is 0 Å². The number of thiophene rings is 1. The van der Waals surface area contributed by atoms with Gasteiger partial charge in [0.15, 0.2) is 5.78 Å². The second kappa shape index (κ2) is 9.99. The van der Waals surface area contributed by atoms with Gasteiger partial charge in [0, 0.05) is 36.0 Å². The standard InChI is InChI=1S/C23H30N2O2S/c1-17-12-14-22(28-17)21(26)13-15-23(27)24-20-11-7-6-8-18(20)16-25(2)19-9-4-3-5-10-19/h6-8,11-12,14,19H,3-5,9-10,13,15-16H2,1-2H3,(H,24,27). The summed E-state index contributed by atoms with van der Waals surface area (Å²) in [6.07, 6.45) is 6.94. The number of ketones is 1. The molecule has 0 bridgehead atoms. The van der Waals surface area contributed by atoms with Crippen molar-refractivity contribution in [3.8, 4) is 0 Å². The predicted octanol–water partition coefficient (Wildman–Crippen LogP) is 5.42. The molecule has 1 aromatic carbocycles. The molecule has 1 fully saturated rings. The highest BCUT2D eigenvalue weighted by Gasteiger charge is 2.19. The van der Waals surface area contributed by atoms with Gasteiger partial charge in [-0.15, -0.1) is 11.3 Å². The molecule has 0 unspecified atom stereocenters. The van der Waals surface area contributed by atoms with Crippen LogP contribution in [0.2, 0.25) is 0 Å². The first kappa shape index (κ1) is 20.7. The predicted molar refractivity (Wildman–Crippen MR) is 116 cm³/mol. The lowest BCUT2D eigenvalue weighted by Gasteiger charge is -2.31. The van der Waals surface area contributed by atoms with Crippen LogP contribution in [0.3, 0.4) is 0 Å². The van der Waals surface area contributed by atoms with E-state index in [4.69, 9.17) is 0 Å². The van der Waals surface area contributed by atoms with Crippen LogP contribution in [0, 0.1) is 6.92 Å². The fourth-order valence-electron chi connectivity index (χ4n) is 3.85. The van der Waals surface area contributed by atoms with Crippen LogP contribution in [-0.4, -0.2) is 29.7 Å². The smallest absolute Gasteiger partial charge is 0.224 e. The van der Waals surface area contributed by atoms with Crippen molar-refractivity contribution < 1.29 is 9.59 Å². The highest BCUT2D eigenvalue weighted by molar-refractivity contribution is 7.14. The maximum absolute atomic E-state index is 12.4. The number of benzene rings is 1. The molecule has 1 saturated carbocycles. The van der Waals surface area contributed by atoms with Crippen molar-refractivity contribution >= 4 is 28.7 Å². The Balaban J connectivity index is 1.54. The maximum Gasteiger partial charge on any atom is 0.224 e. The number of Topliss-reactive ketones (excluding diaryl/α,β-unsaturated/α-hetero) is 1. The lowest BCUT2D eigenvalue weighted by atomic mass is 9.94. The van der Waals surface area contributed by atoms with Gasteiger partial charge in [-0.3, -0.25) is 14.5 Å². The molecule has 0 saturated heterocycles. The molecule has 28 heavy (non-hydrogen) atoms. The first-order valence-electron chi connectivity index (χ1n) is 10.2. The van der Waals surface area contributed by atoms with Gasteiger partial charge in [-0.1, -0.05) is 37.5 Å². The van der Waals surface area contributed by atoms with Crippen LogP contribution in [-0.2, 0) is 11.3 Å². The summed E-state index contributed by atoms with van der Waals surface area (Å²) in [5, 5.41) is 3.02. The van der Waals surface area contributed by atoms with Crippen molar-refractivity contribution in [2.45, 2.75) is 64.5 Å². The topological polar surface area (TPSA) is 49.4 Å². The van der Waals surface area contributed by atoms with Gasteiger partial charge in [0.2, 0.25) is 5.91 Å². The van der Waals surface area contributed by atoms with E-state index in [9.17, 15) is 9.59 Å². The summed E-state index contributed by atoms with van der Waals surface area (Å²) in [5.41, 5.74) is 1.98. The molecule has 1 heterocycles. The van der Waals surface area contributed by atoms with Gasteiger partial charge in [0.25, 0.3) is 0 Å². The number of carbonyl (C=O) groups is 2. The zero-order valence-corrected chi connectivity index (χ0v) is 17.7. The Morgan fingerprint density at radius 1 is 1.07 bits per heavy atom. The van der Waals surface area contributed by atoms with E-state index in [2.05, 4.69) is 23.3 Å². The minimum Gasteiger partial charge on any atom is -0.326 e. The summed E-state index contributed by atoms with van der Waals surface area (Å²) in [6, 6.07) is 12.4. The van der Waals surface area contributed by atoms with Crippen LogP contribution in [0.5, 0.6) is 0 Å². The van der Waals surface area contributed by atoms with Crippen molar-refractivity contribution in [1.29, 1.82) is 0 Å². The molecular weight excluding hydrogens is 368 g/mol. The quantitative estimate of drug-likeness (QED) is 0.604. The van der Waals surface area contributed by atoms with E-state index in [1.165, 1.54) is 43.4 Å². The van der Waals surface area contributed by atoms with Crippen LogP contribution < -0.4 is 5.32 Å². The summed E-state index contributed by atoms with van der Waals surface area (Å²) in [5.74, 6) is -0.0621. The molecule has 4 nitrogen and oxygen atoms in total. The molecule has 1 aliphatic rings. The Morgan fingerprint density at radius 2 is 1.82 bits per heavy atom. The average molecular weight is 399 g/mol. The first-order chi connectivity index (χ1) is 13.5. The highest BCUT2D eigenvalue weighted by atomic mass is 32.1. The third-order valence-electron chi connectivity index (χ3n) is 5.50. The van der Waals surface area contributed by atoms with Gasteiger partial charge in [-0.2, -0.15) is 0 Å². The summed E-state index contributed by atoms with van der Waals surface area (Å²) in [6.45, 7) is 2.81. The molecule has 3 rings (SSSR count). The monoisotopic (exact) mass is 398 g/mol. The second-order valence-electron chi connectivity index (χ2n) is 7.75. The van der Waals surface area contributed by atoms with Crippen LogP contribution >= 0.6 is 11.3 Å². The minimum atomic E-state index is -0.102. The van der Waals surface area contributed by atoms with Crippen molar-refractivity contribution in [3.63, 3.8) is 0 Å². The third-order valence-corrected chi connectivity index (χ3v) is 6.55. The van der Waals surface area contributed by atoms with Gasteiger partial charge in [0.1, 0.15) is 0 Å². The van der Waals surface area contributed by atoms with Crippen LogP contribution in [0.1, 0.15) is 65.1 Å². The van der Waals surface area contributed by atoms with Crippen molar-refractivity contribution in [3.05, 3.63) is 51.7 Å². The molecule has 1 aromatic heterocycles. The Bertz CT molecular complexity index is 808. The number of rotatable bonds is 8. The molecule has 2 aromatic rings. The second-order valence-corrected chi connectivity index (χ2v) is 9.03. The van der Waals surface area contributed by atoms with Crippen LogP contribution in [0.25, 0.3) is 0 Å². The molecule has 1 N–H and O–H groups in total. The molecule has 0 atom stereocenters. The maximum atomic E-state index is 12.4. The molecule has 1 aliphatic carbocycles. The number of amides is 1. The number of nitrogens with zero attached hydrogens (tertiary/aromatic N) is 1. The van der Waals surface area contributed by atoms with E-state index < -0.39 is 0 Å². The molecule has 1 amide bonds. The Morgan fingerprint density at radius 3 is 2.54 bits per heavy atom. The zero-order chi connectivity index (χ0) is 19.9. The lowest BCUT2D eigenvalue weighted by Crippen LogP contribution is -2.33. The minimum absolute atomic E-state index is 0.0403.